The molecule has 0 aromatic carbocycles. The number of nitro groups is 1. The molecule has 1 aromatic rings. The van der Waals surface area contributed by atoms with Gasteiger partial charge in [-0.3, -0.25) is 4.79 Å². The van der Waals surface area contributed by atoms with Crippen LogP contribution in [0.5, 0.6) is 0 Å². The predicted octanol–water partition coefficient (Wildman–Crippen LogP) is 1.31. The van der Waals surface area contributed by atoms with E-state index in [-0.39, 0.29) is 11.7 Å². The molecular weight excluding hydrogens is 262 g/mol. The van der Waals surface area contributed by atoms with Crippen LogP contribution in [0.25, 0.3) is 0 Å². The first-order chi connectivity index (χ1) is 9.32. The fourth-order valence-corrected chi connectivity index (χ4v) is 2.53. The Bertz CT molecular complexity index is 536. The maximum Gasteiger partial charge on any atom is 0.323 e. The SMILES string of the molecule is Cn1c(C(=O)N2CCCC(C)(O)CC2)ccc1[N+](=O)[O-]. The Labute approximate surface area is 116 Å². The van der Waals surface area contributed by atoms with Crippen LogP contribution in [0.3, 0.4) is 0 Å². The van der Waals surface area contributed by atoms with Gasteiger partial charge in [-0.15, -0.1) is 0 Å². The summed E-state index contributed by atoms with van der Waals surface area (Å²) >= 11 is 0. The minimum absolute atomic E-state index is 0.102. The molecule has 1 N–H and O–H groups in total. The third kappa shape index (κ3) is 2.82. The van der Waals surface area contributed by atoms with Crippen LogP contribution in [0.4, 0.5) is 5.82 Å². The second-order valence-electron chi connectivity index (χ2n) is 5.54. The van der Waals surface area contributed by atoms with E-state index in [1.54, 1.807) is 11.8 Å². The molecule has 110 valence electrons. The maximum atomic E-state index is 12.4. The second kappa shape index (κ2) is 5.24. The van der Waals surface area contributed by atoms with Crippen LogP contribution in [-0.2, 0) is 7.05 Å². The number of aliphatic hydroxyl groups is 1. The molecule has 7 heteroatoms. The van der Waals surface area contributed by atoms with Crippen molar-refractivity contribution in [3.8, 4) is 0 Å². The molecule has 1 saturated heterocycles. The molecule has 1 fully saturated rings. The average Bonchev–Trinajstić information content (AvgIpc) is 2.64. The van der Waals surface area contributed by atoms with Gasteiger partial charge in [0.25, 0.3) is 5.91 Å². The van der Waals surface area contributed by atoms with Gasteiger partial charge in [0.05, 0.1) is 12.6 Å². The average molecular weight is 281 g/mol. The van der Waals surface area contributed by atoms with Crippen molar-refractivity contribution in [3.63, 3.8) is 0 Å². The van der Waals surface area contributed by atoms with E-state index in [2.05, 4.69) is 0 Å². The highest BCUT2D eigenvalue weighted by atomic mass is 16.6. The first-order valence-electron chi connectivity index (χ1n) is 6.63. The lowest BCUT2D eigenvalue weighted by Gasteiger charge is -2.22. The number of aromatic nitrogens is 1. The molecule has 0 spiro atoms. The molecule has 1 unspecified atom stereocenters. The Morgan fingerprint density at radius 3 is 2.70 bits per heavy atom. The lowest BCUT2D eigenvalue weighted by atomic mass is 9.98. The van der Waals surface area contributed by atoms with E-state index < -0.39 is 10.5 Å². The van der Waals surface area contributed by atoms with Crippen molar-refractivity contribution in [2.45, 2.75) is 31.8 Å². The van der Waals surface area contributed by atoms with Crippen LogP contribution >= 0.6 is 0 Å². The van der Waals surface area contributed by atoms with Gasteiger partial charge in [0, 0.05) is 19.2 Å². The zero-order valence-electron chi connectivity index (χ0n) is 11.7. The van der Waals surface area contributed by atoms with Gasteiger partial charge >= 0.3 is 5.82 Å². The van der Waals surface area contributed by atoms with E-state index in [9.17, 15) is 20.0 Å². The Balaban J connectivity index is 2.17. The van der Waals surface area contributed by atoms with Crippen LogP contribution in [-0.4, -0.2) is 44.1 Å². The molecule has 2 rings (SSSR count). The van der Waals surface area contributed by atoms with Crippen molar-refractivity contribution in [1.29, 1.82) is 0 Å². The number of rotatable bonds is 2. The number of amides is 1. The van der Waals surface area contributed by atoms with Crippen molar-refractivity contribution in [3.05, 3.63) is 27.9 Å². The van der Waals surface area contributed by atoms with Crippen LogP contribution in [0, 0.1) is 10.1 Å². The molecule has 1 aromatic heterocycles. The topological polar surface area (TPSA) is 88.6 Å². The summed E-state index contributed by atoms with van der Waals surface area (Å²) in [5.74, 6) is -0.325. The van der Waals surface area contributed by atoms with Crippen molar-refractivity contribution >= 4 is 11.7 Å². The van der Waals surface area contributed by atoms with Gasteiger partial charge in [0.15, 0.2) is 5.69 Å². The molecular formula is C13H19N3O4. The molecule has 1 amide bonds. The van der Waals surface area contributed by atoms with Gasteiger partial charge in [-0.05, 0) is 37.2 Å². The minimum atomic E-state index is -0.741. The Hall–Kier alpha value is -1.89. The summed E-state index contributed by atoms with van der Waals surface area (Å²) in [6, 6.07) is 2.81. The van der Waals surface area contributed by atoms with Gasteiger partial charge in [-0.25, -0.2) is 4.57 Å². The van der Waals surface area contributed by atoms with Crippen molar-refractivity contribution in [2.75, 3.05) is 13.1 Å². The summed E-state index contributed by atoms with van der Waals surface area (Å²) in [5.41, 5.74) is -0.437. The predicted molar refractivity (Wildman–Crippen MR) is 72.4 cm³/mol. The van der Waals surface area contributed by atoms with E-state index >= 15 is 0 Å². The lowest BCUT2D eigenvalue weighted by molar-refractivity contribution is -0.391. The summed E-state index contributed by atoms with van der Waals surface area (Å²) in [6.07, 6.45) is 1.90. The van der Waals surface area contributed by atoms with Gasteiger partial charge in [-0.2, -0.15) is 0 Å². The summed E-state index contributed by atoms with van der Waals surface area (Å²) in [7, 11) is 1.51. The van der Waals surface area contributed by atoms with Gasteiger partial charge < -0.3 is 20.1 Å². The van der Waals surface area contributed by atoms with Gasteiger partial charge in [0.2, 0.25) is 0 Å². The van der Waals surface area contributed by atoms with E-state index in [1.807, 2.05) is 0 Å². The largest absolute Gasteiger partial charge is 0.390 e. The lowest BCUT2D eigenvalue weighted by Crippen LogP contribution is -2.34. The van der Waals surface area contributed by atoms with E-state index in [0.29, 0.717) is 31.6 Å². The zero-order chi connectivity index (χ0) is 14.9. The maximum absolute atomic E-state index is 12.4. The van der Waals surface area contributed by atoms with Gasteiger partial charge in [-0.1, -0.05) is 0 Å². The normalized spacial score (nSPS) is 23.4. The van der Waals surface area contributed by atoms with Gasteiger partial charge in [0.1, 0.15) is 0 Å². The smallest absolute Gasteiger partial charge is 0.323 e. The summed E-state index contributed by atoms with van der Waals surface area (Å²) in [4.78, 5) is 24.4. The van der Waals surface area contributed by atoms with Crippen LogP contribution in [0.2, 0.25) is 0 Å². The molecule has 0 radical (unpaired) electrons. The first-order valence-corrected chi connectivity index (χ1v) is 6.63. The number of carbonyl (C=O) groups excluding carboxylic acids is 1. The molecule has 2 heterocycles. The van der Waals surface area contributed by atoms with E-state index in [0.717, 1.165) is 6.42 Å². The van der Waals surface area contributed by atoms with Crippen LogP contribution < -0.4 is 0 Å². The standard InChI is InChI=1S/C13H19N3O4/c1-13(18)6-3-8-15(9-7-13)12(17)10-4-5-11(14(10)2)16(19)20/h4-5,18H,3,6-9H2,1-2H3. The molecule has 0 bridgehead atoms. The number of carbonyl (C=O) groups is 1. The molecule has 0 saturated carbocycles. The second-order valence-corrected chi connectivity index (χ2v) is 5.54. The molecule has 20 heavy (non-hydrogen) atoms. The Morgan fingerprint density at radius 1 is 1.40 bits per heavy atom. The van der Waals surface area contributed by atoms with E-state index in [4.69, 9.17) is 0 Å². The molecule has 0 aliphatic carbocycles. The molecule has 1 atom stereocenters. The van der Waals surface area contributed by atoms with Crippen molar-refractivity contribution in [1.82, 2.24) is 9.47 Å². The zero-order valence-corrected chi connectivity index (χ0v) is 11.7. The van der Waals surface area contributed by atoms with Crippen LogP contribution in [0.1, 0.15) is 36.7 Å². The molecule has 1 aliphatic heterocycles. The van der Waals surface area contributed by atoms with Crippen molar-refractivity contribution in [2.24, 2.45) is 7.05 Å². The Kier molecular flexibility index (Phi) is 3.80. The third-order valence-electron chi connectivity index (χ3n) is 3.85. The first kappa shape index (κ1) is 14.5. The number of hydrogen-bond donors (Lipinski definition) is 1. The molecule has 7 nitrogen and oxygen atoms in total. The molecule has 1 aliphatic rings. The fraction of sp³-hybridized carbons (Fsp3) is 0.615. The highest BCUT2D eigenvalue weighted by Gasteiger charge is 2.30. The number of hydrogen-bond acceptors (Lipinski definition) is 4. The summed E-state index contributed by atoms with van der Waals surface area (Å²) in [5, 5.41) is 20.8. The number of likely N-dealkylation sites (tertiary alicyclic amines) is 1. The monoisotopic (exact) mass is 281 g/mol. The quantitative estimate of drug-likeness (QED) is 0.654. The van der Waals surface area contributed by atoms with Crippen molar-refractivity contribution < 1.29 is 14.8 Å². The minimum Gasteiger partial charge on any atom is -0.390 e. The van der Waals surface area contributed by atoms with Crippen LogP contribution in [0.15, 0.2) is 12.1 Å². The summed E-state index contributed by atoms with van der Waals surface area (Å²) in [6.45, 7) is 2.80. The fourth-order valence-electron chi connectivity index (χ4n) is 2.53. The Morgan fingerprint density at radius 2 is 2.10 bits per heavy atom. The highest BCUT2D eigenvalue weighted by Crippen LogP contribution is 2.23. The summed E-state index contributed by atoms with van der Waals surface area (Å²) < 4.78 is 1.30. The third-order valence-corrected chi connectivity index (χ3v) is 3.85. The number of nitrogens with zero attached hydrogens (tertiary/aromatic N) is 3. The van der Waals surface area contributed by atoms with E-state index in [1.165, 1.54) is 23.7 Å². The highest BCUT2D eigenvalue weighted by molar-refractivity contribution is 5.93.